The van der Waals surface area contributed by atoms with Gasteiger partial charge in [0.05, 0.1) is 6.04 Å². The summed E-state index contributed by atoms with van der Waals surface area (Å²) in [5.74, 6) is -5.69. The van der Waals surface area contributed by atoms with E-state index < -0.39 is 54.0 Å². The SMILES string of the molecule is CC(C)C(N)C(=O)NC(C(=O)NOC(C(=O)O)C(O)C(=O)O)C(C)C. The van der Waals surface area contributed by atoms with E-state index in [1.165, 1.54) is 0 Å². The van der Waals surface area contributed by atoms with E-state index in [0.717, 1.165) is 0 Å². The van der Waals surface area contributed by atoms with Gasteiger partial charge in [0.1, 0.15) is 6.04 Å². The Morgan fingerprint density at radius 2 is 1.44 bits per heavy atom. The van der Waals surface area contributed by atoms with Gasteiger partial charge in [0.15, 0.2) is 6.10 Å². The van der Waals surface area contributed by atoms with Crippen LogP contribution in [0.3, 0.4) is 0 Å². The maximum absolute atomic E-state index is 12.1. The zero-order valence-electron chi connectivity index (χ0n) is 14.4. The number of rotatable bonds is 10. The summed E-state index contributed by atoms with van der Waals surface area (Å²) >= 11 is 0. The molecule has 144 valence electrons. The Labute approximate surface area is 144 Å². The van der Waals surface area contributed by atoms with E-state index in [1.807, 2.05) is 0 Å². The predicted octanol–water partition coefficient (Wildman–Crippen LogP) is -1.94. The minimum absolute atomic E-state index is 0.172. The van der Waals surface area contributed by atoms with Crippen molar-refractivity contribution in [3.63, 3.8) is 0 Å². The average molecular weight is 363 g/mol. The maximum Gasteiger partial charge on any atom is 0.339 e. The monoisotopic (exact) mass is 363 g/mol. The van der Waals surface area contributed by atoms with E-state index in [9.17, 15) is 24.3 Å². The number of carboxylic acid groups (broad SMARTS) is 2. The van der Waals surface area contributed by atoms with Crippen molar-refractivity contribution < 1.29 is 39.3 Å². The van der Waals surface area contributed by atoms with Crippen molar-refractivity contribution in [1.82, 2.24) is 10.8 Å². The number of hydrogen-bond acceptors (Lipinski definition) is 7. The third kappa shape index (κ3) is 7.03. The van der Waals surface area contributed by atoms with E-state index in [0.29, 0.717) is 0 Å². The molecular formula is C14H25N3O8. The second-order valence-corrected chi connectivity index (χ2v) is 6.13. The number of aliphatic hydroxyl groups is 1. The van der Waals surface area contributed by atoms with Crippen molar-refractivity contribution in [1.29, 1.82) is 0 Å². The molecule has 0 aliphatic rings. The molecule has 0 bridgehead atoms. The second kappa shape index (κ2) is 9.91. The highest BCUT2D eigenvalue weighted by atomic mass is 16.7. The van der Waals surface area contributed by atoms with Crippen LogP contribution in [-0.4, -0.2) is 63.4 Å². The van der Waals surface area contributed by atoms with Gasteiger partial charge in [-0.1, -0.05) is 27.7 Å². The summed E-state index contributed by atoms with van der Waals surface area (Å²) in [6, 6.07) is -1.95. The van der Waals surface area contributed by atoms with Gasteiger partial charge in [-0.25, -0.2) is 15.1 Å². The summed E-state index contributed by atoms with van der Waals surface area (Å²) in [4.78, 5) is 50.2. The van der Waals surface area contributed by atoms with Gasteiger partial charge in [-0.2, -0.15) is 0 Å². The van der Waals surface area contributed by atoms with Crippen LogP contribution in [0.5, 0.6) is 0 Å². The molecule has 0 aliphatic heterocycles. The van der Waals surface area contributed by atoms with Crippen molar-refractivity contribution >= 4 is 23.8 Å². The molecule has 4 atom stereocenters. The Morgan fingerprint density at radius 3 is 1.80 bits per heavy atom. The van der Waals surface area contributed by atoms with Crippen LogP contribution in [0.2, 0.25) is 0 Å². The number of aliphatic carboxylic acids is 2. The van der Waals surface area contributed by atoms with Gasteiger partial charge in [0.2, 0.25) is 12.0 Å². The van der Waals surface area contributed by atoms with Crippen molar-refractivity contribution in [2.45, 2.75) is 52.0 Å². The minimum atomic E-state index is -2.39. The standard InChI is InChI=1S/C14H25N3O8/c1-5(2)7(15)11(19)16-8(6(3)4)12(20)17-25-10(14(23)24)9(18)13(21)22/h5-10,18H,15H2,1-4H3,(H,16,19)(H,17,20)(H,21,22)(H,23,24). The Kier molecular flexibility index (Phi) is 9.02. The number of aliphatic hydroxyl groups excluding tert-OH is 1. The lowest BCUT2D eigenvalue weighted by Gasteiger charge is -2.25. The van der Waals surface area contributed by atoms with Crippen LogP contribution >= 0.6 is 0 Å². The van der Waals surface area contributed by atoms with E-state index in [1.54, 1.807) is 33.2 Å². The van der Waals surface area contributed by atoms with Crippen molar-refractivity contribution in [3.8, 4) is 0 Å². The summed E-state index contributed by atoms with van der Waals surface area (Å²) in [5, 5.41) is 29.1. The molecule has 11 heteroatoms. The van der Waals surface area contributed by atoms with Crippen LogP contribution in [0.25, 0.3) is 0 Å². The topological polar surface area (TPSA) is 188 Å². The van der Waals surface area contributed by atoms with Crippen molar-refractivity contribution in [3.05, 3.63) is 0 Å². The van der Waals surface area contributed by atoms with Gasteiger partial charge in [-0.05, 0) is 11.8 Å². The highest BCUT2D eigenvalue weighted by Crippen LogP contribution is 2.06. The normalized spacial score (nSPS) is 16.0. The quantitative estimate of drug-likeness (QED) is 0.240. The van der Waals surface area contributed by atoms with Crippen LogP contribution in [-0.2, 0) is 24.0 Å². The van der Waals surface area contributed by atoms with Gasteiger partial charge in [-0.3, -0.25) is 14.4 Å². The molecule has 0 heterocycles. The molecule has 7 N–H and O–H groups in total. The Bertz CT molecular complexity index is 508. The lowest BCUT2D eigenvalue weighted by atomic mass is 10.0. The van der Waals surface area contributed by atoms with Crippen LogP contribution in [0, 0.1) is 11.8 Å². The zero-order chi connectivity index (χ0) is 19.9. The fourth-order valence-corrected chi connectivity index (χ4v) is 1.65. The second-order valence-electron chi connectivity index (χ2n) is 6.13. The number of carboxylic acids is 2. The molecule has 0 aromatic rings. The lowest BCUT2D eigenvalue weighted by Crippen LogP contribution is -2.56. The highest BCUT2D eigenvalue weighted by Gasteiger charge is 2.35. The number of carbonyl (C=O) groups excluding carboxylic acids is 2. The first-order valence-corrected chi connectivity index (χ1v) is 7.55. The molecule has 2 amide bonds. The number of hydrogen-bond donors (Lipinski definition) is 6. The van der Waals surface area contributed by atoms with Gasteiger partial charge < -0.3 is 26.4 Å². The first-order valence-electron chi connectivity index (χ1n) is 7.55. The third-order valence-electron chi connectivity index (χ3n) is 3.34. The summed E-state index contributed by atoms with van der Waals surface area (Å²) in [5.41, 5.74) is 7.45. The number of hydroxylamine groups is 1. The molecule has 0 aliphatic carbocycles. The molecule has 0 rings (SSSR count). The van der Waals surface area contributed by atoms with Gasteiger partial charge in [0.25, 0.3) is 5.91 Å². The maximum atomic E-state index is 12.1. The summed E-state index contributed by atoms with van der Waals surface area (Å²) in [6.45, 7) is 6.68. The number of nitrogens with two attached hydrogens (primary N) is 1. The molecule has 0 fully saturated rings. The van der Waals surface area contributed by atoms with Crippen molar-refractivity contribution in [2.75, 3.05) is 0 Å². The Hall–Kier alpha value is -2.24. The first kappa shape index (κ1) is 22.8. The van der Waals surface area contributed by atoms with Gasteiger partial charge in [-0.15, -0.1) is 0 Å². The fourth-order valence-electron chi connectivity index (χ4n) is 1.65. The molecular weight excluding hydrogens is 338 g/mol. The van der Waals surface area contributed by atoms with Crippen LogP contribution in [0.1, 0.15) is 27.7 Å². The molecule has 4 unspecified atom stereocenters. The third-order valence-corrected chi connectivity index (χ3v) is 3.34. The summed E-state index contributed by atoms with van der Waals surface area (Å²) < 4.78 is 0. The lowest BCUT2D eigenvalue weighted by molar-refractivity contribution is -0.181. The Morgan fingerprint density at radius 1 is 0.920 bits per heavy atom. The molecule has 0 aromatic carbocycles. The predicted molar refractivity (Wildman–Crippen MR) is 83.9 cm³/mol. The molecule has 0 spiro atoms. The van der Waals surface area contributed by atoms with Crippen LogP contribution in [0.4, 0.5) is 0 Å². The van der Waals surface area contributed by atoms with Crippen molar-refractivity contribution in [2.24, 2.45) is 17.6 Å². The van der Waals surface area contributed by atoms with Crippen LogP contribution in [0.15, 0.2) is 0 Å². The minimum Gasteiger partial charge on any atom is -0.479 e. The number of carbonyl (C=O) groups is 4. The van der Waals surface area contributed by atoms with E-state index in [-0.39, 0.29) is 5.92 Å². The average Bonchev–Trinajstić information content (AvgIpc) is 2.50. The van der Waals surface area contributed by atoms with Gasteiger partial charge in [0, 0.05) is 0 Å². The zero-order valence-corrected chi connectivity index (χ0v) is 14.4. The van der Waals surface area contributed by atoms with E-state index >= 15 is 0 Å². The Balaban J connectivity index is 4.98. The summed E-state index contributed by atoms with van der Waals surface area (Å²) in [6.07, 6.45) is -4.61. The van der Waals surface area contributed by atoms with Crippen LogP contribution < -0.4 is 16.5 Å². The molecule has 0 saturated carbocycles. The summed E-state index contributed by atoms with van der Waals surface area (Å²) in [7, 11) is 0. The molecule has 0 radical (unpaired) electrons. The van der Waals surface area contributed by atoms with E-state index in [4.69, 9.17) is 15.9 Å². The highest BCUT2D eigenvalue weighted by molar-refractivity contribution is 5.90. The number of nitrogens with one attached hydrogen (secondary N) is 2. The fraction of sp³-hybridized carbons (Fsp3) is 0.714. The first-order chi connectivity index (χ1) is 11.4. The largest absolute Gasteiger partial charge is 0.479 e. The molecule has 0 saturated heterocycles. The molecule has 0 aromatic heterocycles. The smallest absolute Gasteiger partial charge is 0.339 e. The van der Waals surface area contributed by atoms with Gasteiger partial charge >= 0.3 is 11.9 Å². The molecule has 25 heavy (non-hydrogen) atoms. The number of amides is 2. The molecule has 11 nitrogen and oxygen atoms in total. The van der Waals surface area contributed by atoms with E-state index in [2.05, 4.69) is 10.2 Å².